The number of amides is 1. The largest absolute Gasteiger partial charge is 0.481 e. The molecule has 2 N–H and O–H groups in total. The van der Waals surface area contributed by atoms with Crippen LogP contribution in [-0.4, -0.2) is 50.3 Å². The van der Waals surface area contributed by atoms with Crippen LogP contribution in [-0.2, 0) is 14.8 Å². The van der Waals surface area contributed by atoms with Crippen LogP contribution in [0.4, 0.5) is 0 Å². The minimum atomic E-state index is -3.53. The topological polar surface area (TPSA) is 104 Å². The standard InChI is InChI=1S/C15H22N2O5S/c1-15(2,14(19)20)9-10-16-13(18)11-5-7-12(8-6-11)23(21,22)17(3)4/h5-8H,9-10H2,1-4H3,(H,16,18)(H,19,20). The van der Waals surface area contributed by atoms with Crippen LogP contribution in [0.1, 0.15) is 30.6 Å². The molecule has 1 amide bonds. The molecule has 0 bridgehead atoms. The van der Waals surface area contributed by atoms with Gasteiger partial charge < -0.3 is 10.4 Å². The van der Waals surface area contributed by atoms with Crippen molar-refractivity contribution in [2.45, 2.75) is 25.2 Å². The number of aliphatic carboxylic acids is 1. The first-order valence-electron chi connectivity index (χ1n) is 7.02. The van der Waals surface area contributed by atoms with Crippen LogP contribution in [0.5, 0.6) is 0 Å². The Morgan fingerprint density at radius 1 is 1.17 bits per heavy atom. The Morgan fingerprint density at radius 2 is 1.70 bits per heavy atom. The molecule has 0 aliphatic rings. The lowest BCUT2D eigenvalue weighted by Gasteiger charge is -2.18. The van der Waals surface area contributed by atoms with Gasteiger partial charge in [0, 0.05) is 26.2 Å². The molecule has 0 fully saturated rings. The predicted molar refractivity (Wildman–Crippen MR) is 85.7 cm³/mol. The van der Waals surface area contributed by atoms with Gasteiger partial charge in [0.15, 0.2) is 0 Å². The average Bonchev–Trinajstić information content (AvgIpc) is 2.46. The minimum absolute atomic E-state index is 0.103. The normalized spacial score (nSPS) is 12.2. The third kappa shape index (κ3) is 4.77. The van der Waals surface area contributed by atoms with E-state index in [1.807, 2.05) is 0 Å². The van der Waals surface area contributed by atoms with E-state index in [1.54, 1.807) is 13.8 Å². The van der Waals surface area contributed by atoms with Crippen molar-refractivity contribution in [3.8, 4) is 0 Å². The molecule has 0 atom stereocenters. The maximum absolute atomic E-state index is 12.0. The molecule has 0 radical (unpaired) electrons. The summed E-state index contributed by atoms with van der Waals surface area (Å²) >= 11 is 0. The van der Waals surface area contributed by atoms with Crippen molar-refractivity contribution in [2.24, 2.45) is 5.41 Å². The molecule has 0 unspecified atom stereocenters. The van der Waals surface area contributed by atoms with E-state index >= 15 is 0 Å². The van der Waals surface area contributed by atoms with Crippen LogP contribution in [0.2, 0.25) is 0 Å². The number of sulfonamides is 1. The molecule has 0 saturated carbocycles. The van der Waals surface area contributed by atoms with Gasteiger partial charge in [-0.25, -0.2) is 12.7 Å². The molecule has 8 heteroatoms. The fourth-order valence-electron chi connectivity index (χ4n) is 1.69. The summed E-state index contributed by atoms with van der Waals surface area (Å²) in [5.41, 5.74) is -0.604. The number of carboxylic acids is 1. The summed E-state index contributed by atoms with van der Waals surface area (Å²) in [6, 6.07) is 5.58. The first kappa shape index (κ1) is 19.1. The second kappa shape index (κ2) is 7.10. The number of hydrogen-bond donors (Lipinski definition) is 2. The Balaban J connectivity index is 2.71. The lowest BCUT2D eigenvalue weighted by Crippen LogP contribution is -2.32. The Kier molecular flexibility index (Phi) is 5.90. The Bertz CT molecular complexity index is 678. The Morgan fingerprint density at radius 3 is 2.13 bits per heavy atom. The second-order valence-electron chi connectivity index (χ2n) is 6.01. The molecule has 0 aromatic heterocycles. The Hall–Kier alpha value is -1.93. The van der Waals surface area contributed by atoms with Crippen molar-refractivity contribution in [3.05, 3.63) is 29.8 Å². The maximum Gasteiger partial charge on any atom is 0.309 e. The number of rotatable bonds is 7. The third-order valence-electron chi connectivity index (χ3n) is 3.51. The summed E-state index contributed by atoms with van der Waals surface area (Å²) in [6.07, 6.45) is 0.293. The van der Waals surface area contributed by atoms with E-state index in [0.29, 0.717) is 12.0 Å². The highest BCUT2D eigenvalue weighted by atomic mass is 32.2. The monoisotopic (exact) mass is 342 g/mol. The lowest BCUT2D eigenvalue weighted by molar-refractivity contribution is -0.147. The summed E-state index contributed by atoms with van der Waals surface area (Å²) in [6.45, 7) is 3.39. The molecule has 0 saturated heterocycles. The summed E-state index contributed by atoms with van der Waals surface area (Å²) in [5.74, 6) is -1.30. The smallest absolute Gasteiger partial charge is 0.309 e. The third-order valence-corrected chi connectivity index (χ3v) is 5.34. The van der Waals surface area contributed by atoms with Gasteiger partial charge in [0.05, 0.1) is 10.3 Å². The van der Waals surface area contributed by atoms with Gasteiger partial charge in [0.25, 0.3) is 5.91 Å². The molecule has 0 aliphatic heterocycles. The maximum atomic E-state index is 12.0. The van der Waals surface area contributed by atoms with Gasteiger partial charge in [-0.05, 0) is 44.5 Å². The summed E-state index contributed by atoms with van der Waals surface area (Å²) in [5, 5.41) is 11.6. The predicted octanol–water partition coefficient (Wildman–Crippen LogP) is 1.17. The molecule has 1 rings (SSSR count). The number of carbonyl (C=O) groups is 2. The van der Waals surface area contributed by atoms with Crippen LogP contribution in [0.3, 0.4) is 0 Å². The van der Waals surface area contributed by atoms with Gasteiger partial charge in [0.1, 0.15) is 0 Å². The van der Waals surface area contributed by atoms with Gasteiger partial charge in [-0.2, -0.15) is 0 Å². The SMILES string of the molecule is CN(C)S(=O)(=O)c1ccc(C(=O)NCCC(C)(C)C(=O)O)cc1. The van der Waals surface area contributed by atoms with Crippen molar-refractivity contribution in [2.75, 3.05) is 20.6 Å². The Labute approximate surface area is 136 Å². The molecule has 0 spiro atoms. The van der Waals surface area contributed by atoms with Crippen LogP contribution in [0.25, 0.3) is 0 Å². The summed E-state index contributed by atoms with van der Waals surface area (Å²) < 4.78 is 25.0. The average molecular weight is 342 g/mol. The quantitative estimate of drug-likeness (QED) is 0.774. The number of hydrogen-bond acceptors (Lipinski definition) is 4. The fourth-order valence-corrected chi connectivity index (χ4v) is 2.59. The molecule has 128 valence electrons. The molecular weight excluding hydrogens is 320 g/mol. The highest BCUT2D eigenvalue weighted by molar-refractivity contribution is 7.89. The van der Waals surface area contributed by atoms with Crippen molar-refractivity contribution >= 4 is 21.9 Å². The highest BCUT2D eigenvalue weighted by Crippen LogP contribution is 2.19. The molecule has 0 aliphatic carbocycles. The van der Waals surface area contributed by atoms with Gasteiger partial charge >= 0.3 is 5.97 Å². The molecular formula is C15H22N2O5S. The number of carbonyl (C=O) groups excluding carboxylic acids is 1. The first-order valence-corrected chi connectivity index (χ1v) is 8.46. The van der Waals surface area contributed by atoms with E-state index in [4.69, 9.17) is 5.11 Å². The van der Waals surface area contributed by atoms with Crippen molar-refractivity contribution < 1.29 is 23.1 Å². The minimum Gasteiger partial charge on any atom is -0.481 e. The van der Waals surface area contributed by atoms with Crippen LogP contribution >= 0.6 is 0 Å². The van der Waals surface area contributed by atoms with Crippen molar-refractivity contribution in [3.63, 3.8) is 0 Å². The summed E-state index contributed by atoms with van der Waals surface area (Å²) in [4.78, 5) is 23.1. The molecule has 1 aromatic rings. The van der Waals surface area contributed by atoms with E-state index in [9.17, 15) is 18.0 Å². The van der Waals surface area contributed by atoms with E-state index in [0.717, 1.165) is 4.31 Å². The van der Waals surface area contributed by atoms with E-state index in [-0.39, 0.29) is 17.3 Å². The lowest BCUT2D eigenvalue weighted by atomic mass is 9.90. The fraction of sp³-hybridized carbons (Fsp3) is 0.467. The van der Waals surface area contributed by atoms with E-state index in [2.05, 4.69) is 5.32 Å². The number of carboxylic acid groups (broad SMARTS) is 1. The van der Waals surface area contributed by atoms with Crippen molar-refractivity contribution in [1.82, 2.24) is 9.62 Å². The number of nitrogens with one attached hydrogen (secondary N) is 1. The van der Waals surface area contributed by atoms with Crippen LogP contribution in [0, 0.1) is 5.41 Å². The second-order valence-corrected chi connectivity index (χ2v) is 8.16. The zero-order valence-corrected chi connectivity index (χ0v) is 14.5. The van der Waals surface area contributed by atoms with Gasteiger partial charge in [-0.15, -0.1) is 0 Å². The van der Waals surface area contributed by atoms with Gasteiger partial charge in [-0.1, -0.05) is 0 Å². The van der Waals surface area contributed by atoms with Crippen molar-refractivity contribution in [1.29, 1.82) is 0 Å². The van der Waals surface area contributed by atoms with Crippen LogP contribution in [0.15, 0.2) is 29.2 Å². The van der Waals surface area contributed by atoms with Crippen LogP contribution < -0.4 is 5.32 Å². The number of nitrogens with zero attached hydrogens (tertiary/aromatic N) is 1. The zero-order chi connectivity index (χ0) is 17.8. The first-order chi connectivity index (χ1) is 10.5. The van der Waals surface area contributed by atoms with Gasteiger partial charge in [-0.3, -0.25) is 9.59 Å². The zero-order valence-electron chi connectivity index (χ0n) is 13.7. The van der Waals surface area contributed by atoms with Gasteiger partial charge in [0.2, 0.25) is 10.0 Å². The molecule has 23 heavy (non-hydrogen) atoms. The summed E-state index contributed by atoms with van der Waals surface area (Å²) in [7, 11) is -0.667. The molecule has 1 aromatic carbocycles. The highest BCUT2D eigenvalue weighted by Gasteiger charge is 2.26. The number of benzene rings is 1. The molecule has 7 nitrogen and oxygen atoms in total. The molecule has 0 heterocycles. The van der Waals surface area contributed by atoms with E-state index in [1.165, 1.54) is 38.4 Å². The van der Waals surface area contributed by atoms with E-state index < -0.39 is 21.4 Å².